The van der Waals surface area contributed by atoms with Crippen LogP contribution in [0.15, 0.2) is 17.5 Å². The van der Waals surface area contributed by atoms with Crippen LogP contribution in [0.25, 0.3) is 10.1 Å². The Morgan fingerprint density at radius 2 is 2.00 bits per heavy atom. The van der Waals surface area contributed by atoms with Crippen molar-refractivity contribution in [1.82, 2.24) is 0 Å². The van der Waals surface area contributed by atoms with Crippen molar-refractivity contribution in [3.05, 3.63) is 17.5 Å². The summed E-state index contributed by atoms with van der Waals surface area (Å²) in [6.45, 7) is 0. The molecule has 1 aromatic carbocycles. The Balaban J connectivity index is 2.82. The van der Waals surface area contributed by atoms with Crippen LogP contribution in [-0.4, -0.2) is 17.2 Å². The Labute approximate surface area is 84.9 Å². The molecule has 0 bridgehead atoms. The second-order valence-corrected chi connectivity index (χ2v) is 3.95. The quantitative estimate of drug-likeness (QED) is 0.384. The van der Waals surface area contributed by atoms with Gasteiger partial charge in [-0.15, -0.1) is 11.3 Å². The summed E-state index contributed by atoms with van der Waals surface area (Å²) in [7, 11) is -1.63. The first-order valence-electron chi connectivity index (χ1n) is 4.02. The molecule has 0 radical (unpaired) electrons. The summed E-state index contributed by atoms with van der Waals surface area (Å²) in [5, 5.41) is 20.9. The molecular weight excluding hydrogens is 199 g/mol. The maximum atomic E-state index is 9.08. The van der Waals surface area contributed by atoms with E-state index in [-0.39, 0.29) is 5.46 Å². The van der Waals surface area contributed by atoms with E-state index in [0.717, 1.165) is 10.1 Å². The average molecular weight is 208 g/mol. The second kappa shape index (κ2) is 3.16. The van der Waals surface area contributed by atoms with E-state index in [2.05, 4.69) is 0 Å². The number of hydrogen-bond donors (Lipinski definition) is 4. The molecule has 0 unspecified atom stereocenters. The van der Waals surface area contributed by atoms with Crippen molar-refractivity contribution in [2.75, 3.05) is 11.5 Å². The Morgan fingerprint density at radius 1 is 1.29 bits per heavy atom. The molecule has 4 nitrogen and oxygen atoms in total. The molecule has 0 aliphatic heterocycles. The third-order valence-corrected chi connectivity index (χ3v) is 3.00. The summed E-state index contributed by atoms with van der Waals surface area (Å²) in [6.07, 6.45) is 0. The molecule has 2 aromatic rings. The molecule has 0 spiro atoms. The van der Waals surface area contributed by atoms with Crippen molar-refractivity contribution in [3.8, 4) is 0 Å². The molecular formula is C8H9BN2O2S. The predicted molar refractivity (Wildman–Crippen MR) is 60.5 cm³/mol. The molecule has 6 N–H and O–H groups in total. The molecule has 72 valence electrons. The molecule has 0 saturated heterocycles. The minimum atomic E-state index is -1.63. The van der Waals surface area contributed by atoms with Gasteiger partial charge in [0.25, 0.3) is 0 Å². The van der Waals surface area contributed by atoms with Gasteiger partial charge < -0.3 is 21.5 Å². The lowest BCUT2D eigenvalue weighted by Crippen LogP contribution is -2.34. The van der Waals surface area contributed by atoms with Crippen molar-refractivity contribution in [2.24, 2.45) is 0 Å². The monoisotopic (exact) mass is 208 g/mol. The second-order valence-electron chi connectivity index (χ2n) is 3.00. The molecule has 0 aliphatic rings. The molecule has 0 amide bonds. The molecule has 2 rings (SSSR count). The average Bonchev–Trinajstić information content (AvgIpc) is 2.50. The summed E-state index contributed by atoms with van der Waals surface area (Å²) in [6, 6.07) is 3.53. The zero-order chi connectivity index (χ0) is 10.3. The van der Waals surface area contributed by atoms with Crippen LogP contribution in [0, 0.1) is 0 Å². The van der Waals surface area contributed by atoms with Crippen LogP contribution in [0.3, 0.4) is 0 Å². The number of anilines is 2. The maximum Gasteiger partial charge on any atom is 0.492 e. The van der Waals surface area contributed by atoms with Gasteiger partial charge in [-0.05, 0) is 17.5 Å². The van der Waals surface area contributed by atoms with Crippen molar-refractivity contribution < 1.29 is 10.0 Å². The van der Waals surface area contributed by atoms with Crippen LogP contribution in [0.1, 0.15) is 0 Å². The summed E-state index contributed by atoms with van der Waals surface area (Å²) in [5.74, 6) is 0. The number of hydrogen-bond acceptors (Lipinski definition) is 5. The highest BCUT2D eigenvalue weighted by atomic mass is 32.1. The maximum absolute atomic E-state index is 9.08. The van der Waals surface area contributed by atoms with Crippen LogP contribution >= 0.6 is 11.3 Å². The van der Waals surface area contributed by atoms with Crippen LogP contribution in [0.5, 0.6) is 0 Å². The smallest absolute Gasteiger partial charge is 0.423 e. The fourth-order valence-electron chi connectivity index (χ4n) is 1.46. The predicted octanol–water partition coefficient (Wildman–Crippen LogP) is -0.254. The molecule has 0 saturated carbocycles. The Morgan fingerprint density at radius 3 is 2.64 bits per heavy atom. The third kappa shape index (κ3) is 1.24. The van der Waals surface area contributed by atoms with E-state index in [0.29, 0.717) is 11.4 Å². The van der Waals surface area contributed by atoms with E-state index in [9.17, 15) is 0 Å². The molecule has 0 fully saturated rings. The number of benzene rings is 1. The van der Waals surface area contributed by atoms with Gasteiger partial charge in [0.15, 0.2) is 0 Å². The largest absolute Gasteiger partial charge is 0.492 e. The van der Waals surface area contributed by atoms with E-state index in [1.54, 1.807) is 6.07 Å². The van der Waals surface area contributed by atoms with Crippen molar-refractivity contribution in [1.29, 1.82) is 0 Å². The Kier molecular flexibility index (Phi) is 2.11. The lowest BCUT2D eigenvalue weighted by Gasteiger charge is -2.09. The summed E-state index contributed by atoms with van der Waals surface area (Å²) in [4.78, 5) is 0. The third-order valence-electron chi connectivity index (χ3n) is 2.13. The highest BCUT2D eigenvalue weighted by Crippen LogP contribution is 2.27. The fourth-order valence-corrected chi connectivity index (χ4v) is 2.31. The molecule has 6 heteroatoms. The van der Waals surface area contributed by atoms with Crippen molar-refractivity contribution in [3.63, 3.8) is 0 Å². The van der Waals surface area contributed by atoms with Gasteiger partial charge in [-0.2, -0.15) is 0 Å². The van der Waals surface area contributed by atoms with Gasteiger partial charge in [0, 0.05) is 26.9 Å². The Hall–Kier alpha value is -1.24. The number of thiophene rings is 1. The molecule has 0 aliphatic carbocycles. The van der Waals surface area contributed by atoms with Crippen LogP contribution in [0.2, 0.25) is 0 Å². The SMILES string of the molecule is Nc1cc2sccc2c(N)c1B(O)O. The number of fused-ring (bicyclic) bond motifs is 1. The van der Waals surface area contributed by atoms with E-state index >= 15 is 0 Å². The van der Waals surface area contributed by atoms with E-state index in [4.69, 9.17) is 21.5 Å². The van der Waals surface area contributed by atoms with Gasteiger partial charge in [0.05, 0.1) is 0 Å². The van der Waals surface area contributed by atoms with E-state index in [1.807, 2.05) is 11.4 Å². The first-order chi connectivity index (χ1) is 6.61. The van der Waals surface area contributed by atoms with Crippen LogP contribution in [0.4, 0.5) is 11.4 Å². The standard InChI is InChI=1S/C8H9BN2O2S/c10-5-3-6-4(1-2-14-6)8(11)7(5)9(12)13/h1-3,12-13H,10-11H2. The zero-order valence-electron chi connectivity index (χ0n) is 7.27. The summed E-state index contributed by atoms with van der Waals surface area (Å²) in [5.41, 5.74) is 12.3. The van der Waals surface area contributed by atoms with Crippen LogP contribution in [-0.2, 0) is 0 Å². The highest BCUT2D eigenvalue weighted by molar-refractivity contribution is 7.17. The van der Waals surface area contributed by atoms with Gasteiger partial charge in [-0.25, -0.2) is 0 Å². The lowest BCUT2D eigenvalue weighted by atomic mass is 9.77. The summed E-state index contributed by atoms with van der Waals surface area (Å²) >= 11 is 1.51. The first-order valence-corrected chi connectivity index (χ1v) is 4.90. The van der Waals surface area contributed by atoms with Gasteiger partial charge in [0.2, 0.25) is 0 Å². The van der Waals surface area contributed by atoms with Crippen LogP contribution < -0.4 is 16.9 Å². The number of nitrogen functional groups attached to an aromatic ring is 2. The minimum Gasteiger partial charge on any atom is -0.423 e. The molecule has 14 heavy (non-hydrogen) atoms. The van der Waals surface area contributed by atoms with Gasteiger partial charge in [-0.1, -0.05) is 0 Å². The zero-order valence-corrected chi connectivity index (χ0v) is 8.08. The fraction of sp³-hybridized carbons (Fsp3) is 0. The molecule has 1 heterocycles. The van der Waals surface area contributed by atoms with Gasteiger partial charge in [0.1, 0.15) is 0 Å². The Bertz CT molecular complexity index is 483. The summed E-state index contributed by atoms with van der Waals surface area (Å²) < 4.78 is 0.949. The van der Waals surface area contributed by atoms with Crippen molar-refractivity contribution >= 4 is 45.4 Å². The normalized spacial score (nSPS) is 10.7. The molecule has 1 aromatic heterocycles. The van der Waals surface area contributed by atoms with Crippen molar-refractivity contribution in [2.45, 2.75) is 0 Å². The highest BCUT2D eigenvalue weighted by Gasteiger charge is 2.20. The topological polar surface area (TPSA) is 92.5 Å². The molecule has 0 atom stereocenters. The van der Waals surface area contributed by atoms with Gasteiger partial charge in [-0.3, -0.25) is 0 Å². The number of rotatable bonds is 1. The van der Waals surface area contributed by atoms with E-state index < -0.39 is 7.12 Å². The van der Waals surface area contributed by atoms with E-state index in [1.165, 1.54) is 11.3 Å². The minimum absolute atomic E-state index is 0.191. The van der Waals surface area contributed by atoms with Gasteiger partial charge >= 0.3 is 7.12 Å². The number of nitrogens with two attached hydrogens (primary N) is 2. The first kappa shape index (κ1) is 9.33. The lowest BCUT2D eigenvalue weighted by molar-refractivity contribution is 0.426.